The summed E-state index contributed by atoms with van der Waals surface area (Å²) in [5.41, 5.74) is 0.917. The van der Waals surface area contributed by atoms with Crippen molar-refractivity contribution >= 4 is 5.91 Å². The minimum Gasteiger partial charge on any atom is -0.384 e. The molecule has 0 radical (unpaired) electrons. The fourth-order valence-electron chi connectivity index (χ4n) is 1.63. The van der Waals surface area contributed by atoms with Gasteiger partial charge in [-0.1, -0.05) is 18.8 Å². The number of pyridine rings is 1. The molecule has 4 nitrogen and oxygen atoms in total. The summed E-state index contributed by atoms with van der Waals surface area (Å²) < 4.78 is 0. The molecule has 0 saturated heterocycles. The Kier molecular flexibility index (Phi) is 5.89. The van der Waals surface area contributed by atoms with Gasteiger partial charge in [0.25, 0.3) is 5.91 Å². The smallest absolute Gasteiger partial charge is 0.273 e. The summed E-state index contributed by atoms with van der Waals surface area (Å²) in [6.45, 7) is 5.10. The third kappa shape index (κ3) is 3.57. The van der Waals surface area contributed by atoms with Crippen LogP contribution < -0.4 is 0 Å². The van der Waals surface area contributed by atoms with Crippen molar-refractivity contribution in [2.24, 2.45) is 0 Å². The maximum absolute atomic E-state index is 12.3. The number of aliphatic hydroxyl groups excluding tert-OH is 1. The van der Waals surface area contributed by atoms with Crippen LogP contribution in [0, 0.1) is 11.8 Å². The van der Waals surface area contributed by atoms with E-state index in [4.69, 9.17) is 5.11 Å². The fraction of sp³-hybridized carbons (Fsp3) is 0.429. The third-order valence-electron chi connectivity index (χ3n) is 2.47. The van der Waals surface area contributed by atoms with Gasteiger partial charge in [-0.05, 0) is 25.5 Å². The molecule has 1 N–H and O–H groups in total. The molecule has 1 rings (SSSR count). The van der Waals surface area contributed by atoms with E-state index in [9.17, 15) is 4.79 Å². The predicted octanol–water partition coefficient (Wildman–Crippen LogP) is 1.30. The molecule has 1 aromatic heterocycles. The molecule has 0 bridgehead atoms. The maximum atomic E-state index is 12.3. The monoisotopic (exact) mass is 246 g/mol. The summed E-state index contributed by atoms with van der Waals surface area (Å²) in [6.07, 6.45) is 2.49. The molecular weight excluding hydrogens is 228 g/mol. The number of carbonyl (C=O) groups is 1. The largest absolute Gasteiger partial charge is 0.384 e. The molecule has 0 fully saturated rings. The van der Waals surface area contributed by atoms with Gasteiger partial charge >= 0.3 is 0 Å². The van der Waals surface area contributed by atoms with Crippen LogP contribution >= 0.6 is 0 Å². The van der Waals surface area contributed by atoms with E-state index in [2.05, 4.69) is 16.8 Å². The number of nitrogens with zero attached hydrogens (tertiary/aromatic N) is 2. The van der Waals surface area contributed by atoms with Crippen LogP contribution in [0.15, 0.2) is 18.3 Å². The van der Waals surface area contributed by atoms with Gasteiger partial charge in [0, 0.05) is 19.3 Å². The maximum Gasteiger partial charge on any atom is 0.273 e. The average molecular weight is 246 g/mol. The molecule has 0 unspecified atom stereocenters. The van der Waals surface area contributed by atoms with E-state index < -0.39 is 0 Å². The van der Waals surface area contributed by atoms with E-state index in [1.54, 1.807) is 23.2 Å². The van der Waals surface area contributed by atoms with Gasteiger partial charge in [0.15, 0.2) is 0 Å². The lowest BCUT2D eigenvalue weighted by atomic mass is 10.1. The molecule has 0 spiro atoms. The first-order valence-electron chi connectivity index (χ1n) is 6.08. The van der Waals surface area contributed by atoms with Gasteiger partial charge in [-0.2, -0.15) is 0 Å². The zero-order valence-corrected chi connectivity index (χ0v) is 10.8. The Morgan fingerprint density at radius 1 is 1.50 bits per heavy atom. The van der Waals surface area contributed by atoms with Gasteiger partial charge in [-0.3, -0.25) is 4.79 Å². The second-order valence-electron chi connectivity index (χ2n) is 3.74. The van der Waals surface area contributed by atoms with Crippen molar-refractivity contribution in [3.63, 3.8) is 0 Å². The minimum atomic E-state index is -0.227. The van der Waals surface area contributed by atoms with Gasteiger partial charge in [0.2, 0.25) is 0 Å². The second-order valence-corrected chi connectivity index (χ2v) is 3.74. The number of amides is 1. The molecule has 0 aliphatic carbocycles. The molecule has 96 valence electrons. The Morgan fingerprint density at radius 3 is 2.89 bits per heavy atom. The van der Waals surface area contributed by atoms with Crippen molar-refractivity contribution in [1.82, 2.24) is 9.88 Å². The number of aliphatic hydroxyl groups is 1. The van der Waals surface area contributed by atoms with Gasteiger partial charge < -0.3 is 10.0 Å². The van der Waals surface area contributed by atoms with E-state index in [0.29, 0.717) is 24.3 Å². The highest BCUT2D eigenvalue weighted by Gasteiger charge is 2.17. The number of carbonyl (C=O) groups excluding carboxylic acids is 1. The zero-order valence-electron chi connectivity index (χ0n) is 10.8. The molecule has 1 amide bonds. The first-order valence-corrected chi connectivity index (χ1v) is 6.08. The zero-order chi connectivity index (χ0) is 13.4. The number of hydrogen-bond acceptors (Lipinski definition) is 3. The van der Waals surface area contributed by atoms with Crippen molar-refractivity contribution in [1.29, 1.82) is 0 Å². The van der Waals surface area contributed by atoms with E-state index in [1.165, 1.54) is 0 Å². The van der Waals surface area contributed by atoms with Crippen molar-refractivity contribution in [2.75, 3.05) is 19.7 Å². The van der Waals surface area contributed by atoms with Crippen LogP contribution in [0.3, 0.4) is 0 Å². The Balaban J connectivity index is 3.04. The highest BCUT2D eigenvalue weighted by atomic mass is 16.2. The Labute approximate surface area is 108 Å². The lowest BCUT2D eigenvalue weighted by Crippen LogP contribution is -2.32. The quantitative estimate of drug-likeness (QED) is 0.815. The highest BCUT2D eigenvalue weighted by molar-refractivity contribution is 5.94. The number of aromatic nitrogens is 1. The second kappa shape index (κ2) is 7.46. The Bertz CT molecular complexity index is 460. The lowest BCUT2D eigenvalue weighted by Gasteiger charge is -2.19. The molecule has 1 heterocycles. The van der Waals surface area contributed by atoms with Gasteiger partial charge in [0.1, 0.15) is 12.3 Å². The SMILES string of the molecule is CCCN(CC)C(=O)c1ncccc1C#CCO. The van der Waals surface area contributed by atoms with Crippen LogP contribution in [0.4, 0.5) is 0 Å². The molecule has 0 saturated carbocycles. The van der Waals surface area contributed by atoms with Crippen LogP contribution in [0.2, 0.25) is 0 Å². The summed E-state index contributed by atoms with van der Waals surface area (Å²) in [4.78, 5) is 18.1. The summed E-state index contributed by atoms with van der Waals surface area (Å²) in [6, 6.07) is 3.47. The van der Waals surface area contributed by atoms with Crippen molar-refractivity contribution < 1.29 is 9.90 Å². The molecule has 0 atom stereocenters. The molecule has 1 aromatic rings. The standard InChI is InChI=1S/C14H18N2O2/c1-3-10-16(4-2)14(18)13-12(8-6-11-17)7-5-9-15-13/h5,7,9,17H,3-4,10-11H2,1-2H3. The van der Waals surface area contributed by atoms with Gasteiger partial charge in [0.05, 0.1) is 5.56 Å². The van der Waals surface area contributed by atoms with E-state index in [0.717, 1.165) is 6.42 Å². The molecule has 0 aliphatic rings. The summed E-state index contributed by atoms with van der Waals surface area (Å²) in [7, 11) is 0. The molecule has 18 heavy (non-hydrogen) atoms. The first-order chi connectivity index (χ1) is 8.74. The number of rotatable bonds is 4. The van der Waals surface area contributed by atoms with Crippen LogP contribution in [-0.2, 0) is 0 Å². The first kappa shape index (κ1) is 14.2. The van der Waals surface area contributed by atoms with Crippen molar-refractivity contribution in [2.45, 2.75) is 20.3 Å². The predicted molar refractivity (Wildman–Crippen MR) is 70.1 cm³/mol. The molecule has 0 aliphatic heterocycles. The van der Waals surface area contributed by atoms with Crippen molar-refractivity contribution in [3.8, 4) is 11.8 Å². The molecule has 4 heteroatoms. The van der Waals surface area contributed by atoms with Gasteiger partial charge in [-0.15, -0.1) is 0 Å². The third-order valence-corrected chi connectivity index (χ3v) is 2.47. The molecular formula is C14H18N2O2. The van der Waals surface area contributed by atoms with Crippen LogP contribution in [0.5, 0.6) is 0 Å². The van der Waals surface area contributed by atoms with E-state index in [1.807, 2.05) is 13.8 Å². The van der Waals surface area contributed by atoms with Crippen LogP contribution in [0.1, 0.15) is 36.3 Å². The normalized spacial score (nSPS) is 9.50. The topological polar surface area (TPSA) is 53.4 Å². The summed E-state index contributed by atoms with van der Waals surface area (Å²) in [5.74, 6) is 5.19. The Morgan fingerprint density at radius 2 is 2.28 bits per heavy atom. The van der Waals surface area contributed by atoms with Crippen molar-refractivity contribution in [3.05, 3.63) is 29.6 Å². The summed E-state index contributed by atoms with van der Waals surface area (Å²) >= 11 is 0. The molecule has 0 aromatic carbocycles. The minimum absolute atomic E-state index is 0.109. The van der Waals surface area contributed by atoms with Crippen LogP contribution in [-0.4, -0.2) is 40.6 Å². The van der Waals surface area contributed by atoms with Gasteiger partial charge in [-0.25, -0.2) is 4.98 Å². The van der Waals surface area contributed by atoms with E-state index in [-0.39, 0.29) is 12.5 Å². The fourth-order valence-corrected chi connectivity index (χ4v) is 1.63. The lowest BCUT2D eigenvalue weighted by molar-refractivity contribution is 0.0758. The highest BCUT2D eigenvalue weighted by Crippen LogP contribution is 2.08. The number of hydrogen-bond donors (Lipinski definition) is 1. The Hall–Kier alpha value is -1.86. The summed E-state index contributed by atoms with van der Waals surface area (Å²) in [5, 5.41) is 8.71. The van der Waals surface area contributed by atoms with Crippen LogP contribution in [0.25, 0.3) is 0 Å². The average Bonchev–Trinajstić information content (AvgIpc) is 2.42. The van der Waals surface area contributed by atoms with E-state index >= 15 is 0 Å².